The van der Waals surface area contributed by atoms with Gasteiger partial charge in [0.25, 0.3) is 0 Å². The van der Waals surface area contributed by atoms with Crippen LogP contribution in [0.15, 0.2) is 42.7 Å². The Bertz CT molecular complexity index is 700. The van der Waals surface area contributed by atoms with Crippen LogP contribution in [0.3, 0.4) is 0 Å². The van der Waals surface area contributed by atoms with Gasteiger partial charge in [0.2, 0.25) is 0 Å². The van der Waals surface area contributed by atoms with Crippen molar-refractivity contribution in [2.75, 3.05) is 5.73 Å². The molecule has 0 saturated carbocycles. The van der Waals surface area contributed by atoms with Gasteiger partial charge in [0.15, 0.2) is 0 Å². The van der Waals surface area contributed by atoms with Crippen LogP contribution in [0.25, 0.3) is 21.8 Å². The van der Waals surface area contributed by atoms with E-state index in [9.17, 15) is 0 Å². The lowest BCUT2D eigenvalue weighted by atomic mass is 10.2. The Hall–Kier alpha value is -2.14. The van der Waals surface area contributed by atoms with E-state index in [1.54, 1.807) is 0 Å². The third-order valence-corrected chi connectivity index (χ3v) is 3.97. The third kappa shape index (κ3) is 2.44. The van der Waals surface area contributed by atoms with E-state index in [4.69, 9.17) is 5.73 Å². The number of nitrogens with two attached hydrogens (primary N) is 1. The summed E-state index contributed by atoms with van der Waals surface area (Å²) in [6.45, 7) is 3.04. The minimum Gasteiger partial charge on any atom is -0.389 e. The Morgan fingerprint density at radius 1 is 1.20 bits per heavy atom. The molecule has 4 nitrogen and oxygen atoms in total. The van der Waals surface area contributed by atoms with E-state index in [-0.39, 0.29) is 0 Å². The largest absolute Gasteiger partial charge is 0.389 e. The molecule has 3 aromatic rings. The van der Waals surface area contributed by atoms with Crippen LogP contribution in [0.1, 0.15) is 13.3 Å². The number of nitrogens with zero attached hydrogens (tertiary/aromatic N) is 3. The molecule has 0 unspecified atom stereocenters. The summed E-state index contributed by atoms with van der Waals surface area (Å²) in [7, 11) is 0. The summed E-state index contributed by atoms with van der Waals surface area (Å²) in [5, 5.41) is 6.01. The summed E-state index contributed by atoms with van der Waals surface area (Å²) in [4.78, 5) is 4.66. The zero-order chi connectivity index (χ0) is 13.9. The fourth-order valence-electron chi connectivity index (χ4n) is 2.08. The number of anilines is 1. The summed E-state index contributed by atoms with van der Waals surface area (Å²) in [5.74, 6) is 0. The highest BCUT2D eigenvalue weighted by Gasteiger charge is 2.13. The average Bonchev–Trinajstić information content (AvgIpc) is 3.07. The van der Waals surface area contributed by atoms with Crippen molar-refractivity contribution in [3.8, 4) is 21.8 Å². The molecule has 0 radical (unpaired) electrons. The average molecular weight is 284 g/mol. The molecule has 0 aliphatic carbocycles. The van der Waals surface area contributed by atoms with E-state index in [2.05, 4.69) is 17.0 Å². The molecule has 102 valence electrons. The van der Waals surface area contributed by atoms with Crippen molar-refractivity contribution >= 4 is 16.3 Å². The summed E-state index contributed by atoms with van der Waals surface area (Å²) < 4.78 is 1.93. The van der Waals surface area contributed by atoms with Crippen molar-refractivity contribution in [1.29, 1.82) is 0 Å². The lowest BCUT2D eigenvalue weighted by molar-refractivity contribution is 0.603. The van der Waals surface area contributed by atoms with Crippen LogP contribution in [-0.2, 0) is 6.54 Å². The van der Waals surface area contributed by atoms with Gasteiger partial charge in [0.05, 0.1) is 6.20 Å². The predicted octanol–water partition coefficient (Wildman–Crippen LogP) is 3.67. The molecule has 20 heavy (non-hydrogen) atoms. The van der Waals surface area contributed by atoms with Gasteiger partial charge in [0.1, 0.15) is 15.7 Å². The monoisotopic (exact) mass is 284 g/mol. The van der Waals surface area contributed by atoms with E-state index < -0.39 is 0 Å². The van der Waals surface area contributed by atoms with Crippen molar-refractivity contribution in [2.45, 2.75) is 19.9 Å². The van der Waals surface area contributed by atoms with Crippen molar-refractivity contribution in [1.82, 2.24) is 14.8 Å². The second-order valence-corrected chi connectivity index (χ2v) is 5.62. The maximum Gasteiger partial charge on any atom is 0.126 e. The molecular weight excluding hydrogens is 268 g/mol. The van der Waals surface area contributed by atoms with E-state index >= 15 is 0 Å². The van der Waals surface area contributed by atoms with Crippen LogP contribution in [-0.4, -0.2) is 14.8 Å². The van der Waals surface area contributed by atoms with Crippen LogP contribution < -0.4 is 5.73 Å². The zero-order valence-corrected chi connectivity index (χ0v) is 12.1. The maximum absolute atomic E-state index is 6.11. The van der Waals surface area contributed by atoms with Gasteiger partial charge >= 0.3 is 0 Å². The Kier molecular flexibility index (Phi) is 3.52. The number of hydrogen-bond donors (Lipinski definition) is 1. The fourth-order valence-corrected chi connectivity index (χ4v) is 2.94. The summed E-state index contributed by atoms with van der Waals surface area (Å²) in [6, 6.07) is 10.1. The molecule has 2 aromatic heterocycles. The van der Waals surface area contributed by atoms with Gasteiger partial charge in [-0.3, -0.25) is 4.68 Å². The SMILES string of the molecule is CCCn1cc(-c2nc(-c3ccccc3)sc2N)cn1. The number of benzene rings is 1. The van der Waals surface area contributed by atoms with Crippen LogP contribution in [0.5, 0.6) is 0 Å². The third-order valence-electron chi connectivity index (χ3n) is 3.03. The van der Waals surface area contributed by atoms with Gasteiger partial charge in [-0.15, -0.1) is 0 Å². The van der Waals surface area contributed by atoms with Crippen LogP contribution in [0.2, 0.25) is 0 Å². The first-order valence-electron chi connectivity index (χ1n) is 6.62. The normalized spacial score (nSPS) is 10.8. The van der Waals surface area contributed by atoms with Gasteiger partial charge in [-0.1, -0.05) is 48.6 Å². The number of rotatable bonds is 4. The highest BCUT2D eigenvalue weighted by Crippen LogP contribution is 2.35. The zero-order valence-electron chi connectivity index (χ0n) is 11.3. The molecule has 0 fully saturated rings. The lowest BCUT2D eigenvalue weighted by Crippen LogP contribution is -1.95. The number of aromatic nitrogens is 3. The van der Waals surface area contributed by atoms with E-state index in [0.717, 1.165) is 39.8 Å². The second-order valence-electron chi connectivity index (χ2n) is 4.59. The van der Waals surface area contributed by atoms with Gasteiger partial charge < -0.3 is 5.73 Å². The smallest absolute Gasteiger partial charge is 0.126 e. The molecule has 0 atom stereocenters. The molecule has 0 aliphatic rings. The molecule has 0 spiro atoms. The first kappa shape index (κ1) is 12.9. The highest BCUT2D eigenvalue weighted by molar-refractivity contribution is 7.19. The first-order valence-corrected chi connectivity index (χ1v) is 7.44. The lowest BCUT2D eigenvalue weighted by Gasteiger charge is -1.95. The maximum atomic E-state index is 6.11. The van der Waals surface area contributed by atoms with E-state index in [0.29, 0.717) is 0 Å². The van der Waals surface area contributed by atoms with Crippen LogP contribution in [0.4, 0.5) is 5.00 Å². The van der Waals surface area contributed by atoms with Crippen LogP contribution >= 0.6 is 11.3 Å². The van der Waals surface area contributed by atoms with Crippen molar-refractivity contribution < 1.29 is 0 Å². The molecule has 5 heteroatoms. The quantitative estimate of drug-likeness (QED) is 0.795. The molecule has 1 aromatic carbocycles. The fraction of sp³-hybridized carbons (Fsp3) is 0.200. The number of thiazole rings is 1. The Morgan fingerprint density at radius 2 is 2.00 bits per heavy atom. The summed E-state index contributed by atoms with van der Waals surface area (Å²) >= 11 is 1.51. The van der Waals surface area contributed by atoms with Gasteiger partial charge in [0, 0.05) is 23.9 Å². The Balaban J connectivity index is 1.96. The van der Waals surface area contributed by atoms with Crippen molar-refractivity contribution in [3.63, 3.8) is 0 Å². The molecule has 3 rings (SSSR count). The summed E-state index contributed by atoms with van der Waals surface area (Å²) in [6.07, 6.45) is 4.89. The van der Waals surface area contributed by atoms with E-state index in [1.807, 2.05) is 47.4 Å². The molecule has 0 aliphatic heterocycles. The molecule has 0 amide bonds. The Morgan fingerprint density at radius 3 is 2.75 bits per heavy atom. The molecular formula is C15H16N4S. The van der Waals surface area contributed by atoms with Gasteiger partial charge in [-0.25, -0.2) is 4.98 Å². The Labute approximate surface area is 121 Å². The predicted molar refractivity (Wildman–Crippen MR) is 83.5 cm³/mol. The van der Waals surface area contributed by atoms with Crippen molar-refractivity contribution in [3.05, 3.63) is 42.7 Å². The van der Waals surface area contributed by atoms with Gasteiger partial charge in [-0.2, -0.15) is 5.10 Å². The second kappa shape index (κ2) is 5.46. The number of hydrogen-bond acceptors (Lipinski definition) is 4. The number of nitrogen functional groups attached to an aromatic ring is 1. The highest BCUT2D eigenvalue weighted by atomic mass is 32.1. The van der Waals surface area contributed by atoms with E-state index in [1.165, 1.54) is 11.3 Å². The molecule has 2 heterocycles. The molecule has 0 saturated heterocycles. The standard InChI is InChI=1S/C15H16N4S/c1-2-8-19-10-12(9-17-19)13-14(16)20-15(18-13)11-6-4-3-5-7-11/h3-7,9-10H,2,8,16H2,1H3. The number of aryl methyl sites for hydroxylation is 1. The minimum absolute atomic E-state index is 0.736. The topological polar surface area (TPSA) is 56.7 Å². The first-order chi connectivity index (χ1) is 9.78. The van der Waals surface area contributed by atoms with Crippen LogP contribution in [0, 0.1) is 0 Å². The molecule has 2 N–H and O–H groups in total. The minimum atomic E-state index is 0.736. The summed E-state index contributed by atoms with van der Waals surface area (Å²) in [5.41, 5.74) is 9.02. The van der Waals surface area contributed by atoms with Gasteiger partial charge in [-0.05, 0) is 6.42 Å². The molecule has 0 bridgehead atoms. The van der Waals surface area contributed by atoms with Crippen molar-refractivity contribution in [2.24, 2.45) is 0 Å².